The molecule has 5 nitrogen and oxygen atoms in total. The number of carbonyl (C=O) groups is 1. The van der Waals surface area contributed by atoms with Crippen molar-refractivity contribution < 1.29 is 22.8 Å². The lowest BCUT2D eigenvalue weighted by Gasteiger charge is -2.28. The molecule has 0 saturated heterocycles. The first-order valence-electron chi connectivity index (χ1n) is 5.73. The third kappa shape index (κ3) is 5.45. The van der Waals surface area contributed by atoms with Crippen LogP contribution in [0.25, 0.3) is 0 Å². The molecular formula is C11H22O5Si. The van der Waals surface area contributed by atoms with Crippen molar-refractivity contribution in [1.29, 1.82) is 0 Å². The summed E-state index contributed by atoms with van der Waals surface area (Å²) in [7, 11) is -1.52. The largest absolute Gasteiger partial charge is 0.505 e. The Hall–Kier alpha value is -0.693. The van der Waals surface area contributed by atoms with E-state index in [9.17, 15) is 4.79 Å². The van der Waals surface area contributed by atoms with Gasteiger partial charge in [0.15, 0.2) is 0 Å². The molecule has 0 aromatic rings. The molecule has 0 fully saturated rings. The Kier molecular flexibility index (Phi) is 8.06. The summed E-state index contributed by atoms with van der Waals surface area (Å²) < 4.78 is 21.4. The number of methoxy groups -OCH3 is 1. The summed E-state index contributed by atoms with van der Waals surface area (Å²) in [6.07, 6.45) is 0. The van der Waals surface area contributed by atoms with E-state index in [1.807, 2.05) is 20.8 Å². The van der Waals surface area contributed by atoms with Crippen LogP contribution in [0, 0.1) is 0 Å². The fourth-order valence-electron chi connectivity index (χ4n) is 1.42. The minimum Gasteiger partial charge on any atom is -0.466 e. The molecule has 0 spiro atoms. The third-order valence-electron chi connectivity index (χ3n) is 2.00. The molecule has 0 aliphatic rings. The third-order valence-corrected chi connectivity index (χ3v) is 5.04. The molecule has 0 amide bonds. The second kappa shape index (κ2) is 8.41. The Bertz CT molecular complexity index is 237. The summed E-state index contributed by atoms with van der Waals surface area (Å²) in [5.74, 6) is -0.457. The number of hydrogen-bond acceptors (Lipinski definition) is 5. The second-order valence-corrected chi connectivity index (χ2v) is 5.84. The number of hydrogen-bond donors (Lipinski definition) is 0. The van der Waals surface area contributed by atoms with Crippen molar-refractivity contribution in [2.75, 3.05) is 26.9 Å². The number of carbonyl (C=O) groups excluding carboxylic acids is 1. The molecule has 0 aromatic heterocycles. The van der Waals surface area contributed by atoms with Gasteiger partial charge in [0.1, 0.15) is 0 Å². The zero-order valence-corrected chi connectivity index (χ0v) is 12.1. The minimum atomic E-state index is -2.84. The van der Waals surface area contributed by atoms with Crippen LogP contribution in [0.5, 0.6) is 0 Å². The van der Waals surface area contributed by atoms with Gasteiger partial charge in [0.05, 0.1) is 7.11 Å². The van der Waals surface area contributed by atoms with Crippen molar-refractivity contribution in [2.24, 2.45) is 0 Å². The van der Waals surface area contributed by atoms with Gasteiger partial charge in [-0.1, -0.05) is 6.58 Å². The van der Waals surface area contributed by atoms with Gasteiger partial charge >= 0.3 is 14.8 Å². The molecular weight excluding hydrogens is 240 g/mol. The topological polar surface area (TPSA) is 54.0 Å². The smallest absolute Gasteiger partial charge is 0.466 e. The molecule has 17 heavy (non-hydrogen) atoms. The van der Waals surface area contributed by atoms with E-state index in [0.29, 0.717) is 25.4 Å². The van der Waals surface area contributed by atoms with E-state index in [-0.39, 0.29) is 6.04 Å². The Morgan fingerprint density at radius 3 is 1.76 bits per heavy atom. The molecule has 0 bridgehead atoms. The molecule has 0 radical (unpaired) electrons. The Morgan fingerprint density at radius 1 is 1.06 bits per heavy atom. The van der Waals surface area contributed by atoms with Gasteiger partial charge in [-0.15, -0.1) is 0 Å². The normalized spacial score (nSPS) is 11.3. The molecule has 0 rings (SSSR count). The van der Waals surface area contributed by atoms with Gasteiger partial charge in [-0.05, 0) is 20.8 Å². The van der Waals surface area contributed by atoms with Crippen molar-refractivity contribution in [3.8, 4) is 0 Å². The molecule has 100 valence electrons. The summed E-state index contributed by atoms with van der Waals surface area (Å²) >= 11 is 0. The maximum absolute atomic E-state index is 11.3. The lowest BCUT2D eigenvalue weighted by atomic mass is 10.4. The molecule has 0 unspecified atom stereocenters. The molecule has 0 aromatic carbocycles. The van der Waals surface area contributed by atoms with Gasteiger partial charge < -0.3 is 18.0 Å². The van der Waals surface area contributed by atoms with Crippen molar-refractivity contribution >= 4 is 14.8 Å². The second-order valence-electron chi connectivity index (χ2n) is 3.25. The zero-order valence-electron chi connectivity index (χ0n) is 11.1. The summed E-state index contributed by atoms with van der Waals surface area (Å²) in [4.78, 5) is 11.3. The molecule has 0 N–H and O–H groups in total. The summed E-state index contributed by atoms with van der Waals surface area (Å²) in [6.45, 7) is 10.7. The summed E-state index contributed by atoms with van der Waals surface area (Å²) in [6, 6.07) is 0.259. The molecule has 0 aliphatic carbocycles. The first-order valence-corrected chi connectivity index (χ1v) is 7.66. The van der Waals surface area contributed by atoms with Crippen LogP contribution in [-0.2, 0) is 22.8 Å². The van der Waals surface area contributed by atoms with Crippen molar-refractivity contribution in [2.45, 2.75) is 26.8 Å². The minimum absolute atomic E-state index is 0.259. The average Bonchev–Trinajstić information content (AvgIpc) is 2.28. The highest BCUT2D eigenvalue weighted by Crippen LogP contribution is 2.21. The highest BCUT2D eigenvalue weighted by atomic mass is 28.4. The van der Waals surface area contributed by atoms with E-state index in [4.69, 9.17) is 13.3 Å². The monoisotopic (exact) mass is 262 g/mol. The van der Waals surface area contributed by atoms with E-state index in [2.05, 4.69) is 11.3 Å². The number of rotatable bonds is 9. The molecule has 0 atom stereocenters. The van der Waals surface area contributed by atoms with E-state index in [0.717, 1.165) is 0 Å². The van der Waals surface area contributed by atoms with Crippen LogP contribution in [0.15, 0.2) is 12.2 Å². The van der Waals surface area contributed by atoms with Crippen LogP contribution in [0.4, 0.5) is 0 Å². The van der Waals surface area contributed by atoms with Crippen molar-refractivity contribution in [3.63, 3.8) is 0 Å². The number of esters is 1. The number of ether oxygens (including phenoxy) is 1. The standard InChI is InChI=1S/C11H22O5Si/c1-6-14-17(15-7-2,16-8-3)9-10(4)11(12)13-5/h4,6-9H2,1-3,5H3. The average molecular weight is 262 g/mol. The van der Waals surface area contributed by atoms with Crippen molar-refractivity contribution in [1.82, 2.24) is 0 Å². The van der Waals surface area contributed by atoms with Crippen LogP contribution in [-0.4, -0.2) is 41.7 Å². The van der Waals surface area contributed by atoms with Crippen LogP contribution in [0.2, 0.25) is 6.04 Å². The van der Waals surface area contributed by atoms with Gasteiger partial charge in [-0.2, -0.15) is 0 Å². The van der Waals surface area contributed by atoms with Crippen molar-refractivity contribution in [3.05, 3.63) is 12.2 Å². The van der Waals surface area contributed by atoms with Crippen LogP contribution in [0.3, 0.4) is 0 Å². The van der Waals surface area contributed by atoms with Crippen LogP contribution in [0.1, 0.15) is 20.8 Å². The fraction of sp³-hybridized carbons (Fsp3) is 0.727. The molecule has 0 heterocycles. The van der Waals surface area contributed by atoms with Gasteiger partial charge in [0, 0.05) is 31.4 Å². The lowest BCUT2D eigenvalue weighted by molar-refractivity contribution is -0.136. The molecule has 0 aliphatic heterocycles. The first-order chi connectivity index (χ1) is 8.05. The Balaban J connectivity index is 4.75. The van der Waals surface area contributed by atoms with Gasteiger partial charge in [-0.3, -0.25) is 0 Å². The van der Waals surface area contributed by atoms with E-state index in [1.54, 1.807) is 0 Å². The zero-order chi connectivity index (χ0) is 13.3. The quantitative estimate of drug-likeness (QED) is 0.360. The summed E-state index contributed by atoms with van der Waals surface area (Å²) in [5, 5.41) is 0. The maximum Gasteiger partial charge on any atom is 0.505 e. The molecule has 6 heteroatoms. The maximum atomic E-state index is 11.3. The van der Waals surface area contributed by atoms with Crippen LogP contribution >= 0.6 is 0 Å². The molecule has 0 saturated carbocycles. The Morgan fingerprint density at radius 2 is 1.47 bits per heavy atom. The van der Waals surface area contributed by atoms with Gasteiger partial charge in [0.25, 0.3) is 0 Å². The Labute approximate surface area is 104 Å². The summed E-state index contributed by atoms with van der Waals surface area (Å²) in [5.41, 5.74) is 0.314. The van der Waals surface area contributed by atoms with Crippen LogP contribution < -0.4 is 0 Å². The van der Waals surface area contributed by atoms with E-state index in [1.165, 1.54) is 7.11 Å². The van der Waals surface area contributed by atoms with E-state index < -0.39 is 14.8 Å². The van der Waals surface area contributed by atoms with E-state index >= 15 is 0 Å². The van der Waals surface area contributed by atoms with Gasteiger partial charge in [-0.25, -0.2) is 4.79 Å². The first kappa shape index (κ1) is 16.3. The highest BCUT2D eigenvalue weighted by Gasteiger charge is 2.42. The predicted octanol–water partition coefficient (Wildman–Crippen LogP) is 1.76. The fourth-order valence-corrected chi connectivity index (χ4v) is 3.96. The SMILES string of the molecule is C=C(C[Si](OCC)(OCC)OCC)C(=O)OC. The lowest BCUT2D eigenvalue weighted by Crippen LogP contribution is -2.46. The van der Waals surface area contributed by atoms with Gasteiger partial charge in [0.2, 0.25) is 0 Å². The highest BCUT2D eigenvalue weighted by molar-refractivity contribution is 6.62. The predicted molar refractivity (Wildman–Crippen MR) is 66.6 cm³/mol.